The van der Waals surface area contributed by atoms with Crippen molar-refractivity contribution >= 4 is 0 Å². The highest BCUT2D eigenvalue weighted by Crippen LogP contribution is 2.20. The molecule has 0 spiro atoms. The molecule has 2 nitrogen and oxygen atoms in total. The zero-order valence-electron chi connectivity index (χ0n) is 6.52. The summed E-state index contributed by atoms with van der Waals surface area (Å²) in [5.74, 6) is -4.47. The highest BCUT2D eigenvalue weighted by molar-refractivity contribution is 5.29. The van der Waals surface area contributed by atoms with Gasteiger partial charge in [-0.05, 0) is 11.6 Å². The second-order valence-corrected chi connectivity index (χ2v) is 2.44. The summed E-state index contributed by atoms with van der Waals surface area (Å²) < 4.78 is 37.9. The van der Waals surface area contributed by atoms with Crippen molar-refractivity contribution in [3.63, 3.8) is 0 Å². The number of halogens is 3. The van der Waals surface area contributed by atoms with Gasteiger partial charge in [-0.25, -0.2) is 13.2 Å². The summed E-state index contributed by atoms with van der Waals surface area (Å²) in [4.78, 5) is 0. The van der Waals surface area contributed by atoms with Crippen LogP contribution in [0.25, 0.3) is 0 Å². The molecule has 72 valence electrons. The zero-order chi connectivity index (χ0) is 10.0. The molecule has 0 aliphatic carbocycles. The quantitative estimate of drug-likeness (QED) is 0.688. The molecule has 0 saturated heterocycles. The van der Waals surface area contributed by atoms with E-state index in [1.54, 1.807) is 0 Å². The Morgan fingerprint density at radius 1 is 1.00 bits per heavy atom. The van der Waals surface area contributed by atoms with Crippen LogP contribution in [0, 0.1) is 17.5 Å². The maximum absolute atomic E-state index is 12.8. The monoisotopic (exact) mass is 192 g/mol. The molecule has 1 aromatic rings. The van der Waals surface area contributed by atoms with Crippen molar-refractivity contribution in [3.05, 3.63) is 34.6 Å². The van der Waals surface area contributed by atoms with Crippen LogP contribution in [0.4, 0.5) is 13.2 Å². The van der Waals surface area contributed by atoms with Crippen molar-refractivity contribution in [1.29, 1.82) is 0 Å². The largest absolute Gasteiger partial charge is 0.392 e. The first-order chi connectivity index (χ1) is 6.11. The highest BCUT2D eigenvalue weighted by atomic mass is 19.2. The molecule has 13 heavy (non-hydrogen) atoms. The molecule has 0 unspecified atom stereocenters. The Kier molecular flexibility index (Phi) is 2.90. The first-order valence-electron chi connectivity index (χ1n) is 3.48. The molecule has 0 aromatic heterocycles. The van der Waals surface area contributed by atoms with Gasteiger partial charge in [-0.2, -0.15) is 0 Å². The summed E-state index contributed by atoms with van der Waals surface area (Å²) in [6, 6.07) is 0.657. The predicted octanol–water partition coefficient (Wildman–Crippen LogP) is 1.09. The van der Waals surface area contributed by atoms with Crippen molar-refractivity contribution < 1.29 is 23.4 Å². The summed E-state index contributed by atoms with van der Waals surface area (Å²) in [5, 5.41) is 17.2. The van der Waals surface area contributed by atoms with E-state index >= 15 is 0 Å². The summed E-state index contributed by atoms with van der Waals surface area (Å²) in [6.45, 7) is -1.43. The molecule has 1 aromatic carbocycles. The molecule has 0 amide bonds. The third-order valence-electron chi connectivity index (χ3n) is 1.68. The fourth-order valence-electron chi connectivity index (χ4n) is 0.994. The maximum Gasteiger partial charge on any atom is 0.194 e. The minimum absolute atomic E-state index is 0.154. The van der Waals surface area contributed by atoms with Gasteiger partial charge in [0.1, 0.15) is 0 Å². The first-order valence-corrected chi connectivity index (χ1v) is 3.48. The lowest BCUT2D eigenvalue weighted by Crippen LogP contribution is -2.03. The fraction of sp³-hybridized carbons (Fsp3) is 0.250. The molecule has 2 N–H and O–H groups in total. The first kappa shape index (κ1) is 10.0. The lowest BCUT2D eigenvalue weighted by Gasteiger charge is -2.06. The smallest absolute Gasteiger partial charge is 0.194 e. The van der Waals surface area contributed by atoms with Crippen LogP contribution >= 0.6 is 0 Å². The van der Waals surface area contributed by atoms with Crippen molar-refractivity contribution in [2.24, 2.45) is 0 Å². The van der Waals surface area contributed by atoms with Gasteiger partial charge in [-0.1, -0.05) is 0 Å². The Bertz CT molecular complexity index is 326. The third-order valence-corrected chi connectivity index (χ3v) is 1.68. The average Bonchev–Trinajstić information content (AvgIpc) is 2.13. The van der Waals surface area contributed by atoms with E-state index in [0.29, 0.717) is 6.07 Å². The molecule has 0 aliphatic rings. The van der Waals surface area contributed by atoms with Crippen molar-refractivity contribution in [1.82, 2.24) is 0 Å². The summed E-state index contributed by atoms with van der Waals surface area (Å²) in [5.41, 5.74) is -0.569. The van der Waals surface area contributed by atoms with Gasteiger partial charge in [0, 0.05) is 5.56 Å². The summed E-state index contributed by atoms with van der Waals surface area (Å²) >= 11 is 0. The summed E-state index contributed by atoms with van der Waals surface area (Å²) in [7, 11) is 0. The Morgan fingerprint density at radius 2 is 1.62 bits per heavy atom. The van der Waals surface area contributed by atoms with Crippen LogP contribution in [-0.2, 0) is 13.2 Å². The van der Waals surface area contributed by atoms with Crippen molar-refractivity contribution in [3.8, 4) is 0 Å². The van der Waals surface area contributed by atoms with E-state index in [1.165, 1.54) is 0 Å². The molecular formula is C8H7F3O2. The van der Waals surface area contributed by atoms with Crippen molar-refractivity contribution in [2.45, 2.75) is 13.2 Å². The average molecular weight is 192 g/mol. The molecule has 0 aliphatic heterocycles. The lowest BCUT2D eigenvalue weighted by atomic mass is 10.1. The van der Waals surface area contributed by atoms with Crippen LogP contribution in [0.2, 0.25) is 0 Å². The number of aliphatic hydroxyl groups excluding tert-OH is 2. The van der Waals surface area contributed by atoms with E-state index in [-0.39, 0.29) is 5.56 Å². The Hall–Kier alpha value is -1.07. The molecule has 0 saturated carbocycles. The number of hydrogen-bond acceptors (Lipinski definition) is 2. The highest BCUT2D eigenvalue weighted by Gasteiger charge is 2.17. The van der Waals surface area contributed by atoms with E-state index in [2.05, 4.69) is 0 Å². The normalized spacial score (nSPS) is 10.5. The summed E-state index contributed by atoms with van der Waals surface area (Å²) in [6.07, 6.45) is 0. The number of hydrogen-bond donors (Lipinski definition) is 2. The second-order valence-electron chi connectivity index (χ2n) is 2.44. The molecular weight excluding hydrogens is 185 g/mol. The van der Waals surface area contributed by atoms with Crippen LogP contribution in [0.3, 0.4) is 0 Å². The van der Waals surface area contributed by atoms with E-state index < -0.39 is 36.2 Å². The third kappa shape index (κ3) is 1.66. The van der Waals surface area contributed by atoms with Crippen molar-refractivity contribution in [2.75, 3.05) is 0 Å². The van der Waals surface area contributed by atoms with Gasteiger partial charge in [0.15, 0.2) is 17.5 Å². The minimum atomic E-state index is -1.64. The predicted molar refractivity (Wildman–Crippen MR) is 38.2 cm³/mol. The molecule has 0 heterocycles. The molecule has 0 bridgehead atoms. The Labute approximate surface area is 72.2 Å². The van der Waals surface area contributed by atoms with Gasteiger partial charge < -0.3 is 10.2 Å². The van der Waals surface area contributed by atoms with Crippen LogP contribution < -0.4 is 0 Å². The van der Waals surface area contributed by atoms with E-state index in [4.69, 9.17) is 10.2 Å². The molecule has 0 fully saturated rings. The number of rotatable bonds is 2. The number of benzene rings is 1. The molecule has 0 radical (unpaired) electrons. The van der Waals surface area contributed by atoms with E-state index in [9.17, 15) is 13.2 Å². The standard InChI is InChI=1S/C8H7F3O2/c9-6-1-4(2-12)5(3-13)7(10)8(6)11/h1,12-13H,2-3H2. The van der Waals surface area contributed by atoms with Gasteiger partial charge >= 0.3 is 0 Å². The van der Waals surface area contributed by atoms with Gasteiger partial charge in [-0.15, -0.1) is 0 Å². The van der Waals surface area contributed by atoms with Gasteiger partial charge in [0.2, 0.25) is 0 Å². The molecule has 0 atom stereocenters. The van der Waals surface area contributed by atoms with Gasteiger partial charge in [-0.3, -0.25) is 0 Å². The Balaban J connectivity index is 3.39. The van der Waals surface area contributed by atoms with E-state index in [1.807, 2.05) is 0 Å². The van der Waals surface area contributed by atoms with Gasteiger partial charge in [0.05, 0.1) is 13.2 Å². The second kappa shape index (κ2) is 3.76. The van der Waals surface area contributed by atoms with Crippen LogP contribution in [0.15, 0.2) is 6.07 Å². The zero-order valence-corrected chi connectivity index (χ0v) is 6.52. The van der Waals surface area contributed by atoms with Crippen LogP contribution in [0.1, 0.15) is 11.1 Å². The molecule has 1 rings (SSSR count). The molecule has 5 heteroatoms. The number of aliphatic hydroxyl groups is 2. The lowest BCUT2D eigenvalue weighted by molar-refractivity contribution is 0.251. The maximum atomic E-state index is 12.8. The minimum Gasteiger partial charge on any atom is -0.392 e. The Morgan fingerprint density at radius 3 is 2.08 bits per heavy atom. The topological polar surface area (TPSA) is 40.5 Å². The SMILES string of the molecule is OCc1cc(F)c(F)c(F)c1CO. The van der Waals surface area contributed by atoms with Gasteiger partial charge in [0.25, 0.3) is 0 Å². The van der Waals surface area contributed by atoms with Crippen LogP contribution in [0.5, 0.6) is 0 Å². The fourth-order valence-corrected chi connectivity index (χ4v) is 0.994. The van der Waals surface area contributed by atoms with Crippen LogP contribution in [-0.4, -0.2) is 10.2 Å². The van der Waals surface area contributed by atoms with E-state index in [0.717, 1.165) is 0 Å².